The highest BCUT2D eigenvalue weighted by molar-refractivity contribution is 7.99. The average Bonchev–Trinajstić information content (AvgIpc) is 2.28. The maximum absolute atomic E-state index is 6.02. The van der Waals surface area contributed by atoms with Gasteiger partial charge in [0.25, 0.3) is 0 Å². The molecular formula is C11H16ClN3S. The number of aromatic nitrogens is 2. The minimum absolute atomic E-state index is 0.308. The molecule has 1 fully saturated rings. The van der Waals surface area contributed by atoms with E-state index in [1.54, 1.807) is 0 Å². The van der Waals surface area contributed by atoms with Crippen molar-refractivity contribution >= 4 is 23.4 Å². The van der Waals surface area contributed by atoms with Gasteiger partial charge in [-0.15, -0.1) is 0 Å². The molecule has 5 heteroatoms. The summed E-state index contributed by atoms with van der Waals surface area (Å²) >= 11 is 7.98. The van der Waals surface area contributed by atoms with Crippen molar-refractivity contribution in [2.24, 2.45) is 0 Å². The van der Waals surface area contributed by atoms with Gasteiger partial charge >= 0.3 is 0 Å². The molecule has 0 N–H and O–H groups in total. The number of hydrogen-bond donors (Lipinski definition) is 0. The normalized spacial score (nSPS) is 22.3. The average molecular weight is 258 g/mol. The summed E-state index contributed by atoms with van der Waals surface area (Å²) in [5.74, 6) is 3.12. The summed E-state index contributed by atoms with van der Waals surface area (Å²) in [4.78, 5) is 11.2. The molecule has 0 aliphatic carbocycles. The lowest BCUT2D eigenvalue weighted by molar-refractivity contribution is 0.264. The molecule has 0 bridgehead atoms. The van der Waals surface area contributed by atoms with E-state index in [2.05, 4.69) is 28.8 Å². The Balaban J connectivity index is 2.27. The van der Waals surface area contributed by atoms with E-state index < -0.39 is 0 Å². The van der Waals surface area contributed by atoms with Crippen LogP contribution < -0.4 is 0 Å². The molecule has 1 aliphatic rings. The van der Waals surface area contributed by atoms with E-state index in [4.69, 9.17) is 11.6 Å². The second-order valence-corrected chi connectivity index (χ2v) is 5.50. The Morgan fingerprint density at radius 3 is 3.06 bits per heavy atom. The summed E-state index contributed by atoms with van der Waals surface area (Å²) in [6, 6.07) is 2.16. The van der Waals surface area contributed by atoms with Gasteiger partial charge in [-0.05, 0) is 19.5 Å². The molecule has 0 saturated carbocycles. The van der Waals surface area contributed by atoms with Gasteiger partial charge in [0.15, 0.2) is 0 Å². The summed E-state index contributed by atoms with van der Waals surface area (Å²) in [6.45, 7) is 3.18. The second-order valence-electron chi connectivity index (χ2n) is 3.97. The maximum Gasteiger partial charge on any atom is 0.148 e. The molecular weight excluding hydrogens is 242 g/mol. The van der Waals surface area contributed by atoms with E-state index in [0.29, 0.717) is 11.2 Å². The molecule has 1 aliphatic heterocycles. The second kappa shape index (κ2) is 5.34. The first-order chi connectivity index (χ1) is 7.70. The van der Waals surface area contributed by atoms with Crippen LogP contribution in [0.15, 0.2) is 6.07 Å². The van der Waals surface area contributed by atoms with E-state index in [-0.39, 0.29) is 0 Å². The fourth-order valence-corrected chi connectivity index (χ4v) is 3.20. The highest BCUT2D eigenvalue weighted by atomic mass is 35.5. The number of halogens is 1. The molecule has 0 spiro atoms. The molecule has 1 atom stereocenters. The van der Waals surface area contributed by atoms with E-state index >= 15 is 0 Å². The van der Waals surface area contributed by atoms with Gasteiger partial charge in [-0.3, -0.25) is 4.90 Å². The number of thioether (sulfide) groups is 1. The summed E-state index contributed by atoms with van der Waals surface area (Å²) in [6.07, 6.45) is 0.902. The smallest absolute Gasteiger partial charge is 0.148 e. The molecule has 0 amide bonds. The van der Waals surface area contributed by atoms with Crippen molar-refractivity contribution in [1.29, 1.82) is 0 Å². The zero-order valence-electron chi connectivity index (χ0n) is 9.61. The van der Waals surface area contributed by atoms with Crippen LogP contribution in [0, 0.1) is 0 Å². The maximum atomic E-state index is 6.02. The number of aryl methyl sites for hydroxylation is 1. The van der Waals surface area contributed by atoms with Gasteiger partial charge in [0.2, 0.25) is 0 Å². The van der Waals surface area contributed by atoms with Gasteiger partial charge in [0, 0.05) is 23.7 Å². The summed E-state index contributed by atoms with van der Waals surface area (Å²) in [5.41, 5.74) is 1.03. The predicted molar refractivity (Wildman–Crippen MR) is 69.1 cm³/mol. The van der Waals surface area contributed by atoms with Gasteiger partial charge in [0.1, 0.15) is 11.0 Å². The van der Waals surface area contributed by atoms with Gasteiger partial charge in [-0.25, -0.2) is 9.97 Å². The number of rotatable bonds is 2. The zero-order chi connectivity index (χ0) is 11.5. The molecule has 2 rings (SSSR count). The molecule has 1 saturated heterocycles. The monoisotopic (exact) mass is 257 g/mol. The third-order valence-corrected chi connectivity index (χ3v) is 4.04. The van der Waals surface area contributed by atoms with E-state index in [1.165, 1.54) is 5.75 Å². The summed E-state index contributed by atoms with van der Waals surface area (Å²) in [7, 11) is 2.13. The fraction of sp³-hybridized carbons (Fsp3) is 0.636. The highest BCUT2D eigenvalue weighted by Gasteiger charge is 2.24. The highest BCUT2D eigenvalue weighted by Crippen LogP contribution is 2.26. The Hall–Kier alpha value is -0.320. The first kappa shape index (κ1) is 12.1. The fourth-order valence-electron chi connectivity index (χ4n) is 1.77. The van der Waals surface area contributed by atoms with Crippen molar-refractivity contribution < 1.29 is 0 Å². The standard InChI is InChI=1S/C11H16ClN3S/c1-3-8-6-10(12)14-11(13-8)9-7-16-5-4-15(9)2/h6,9H,3-5,7H2,1-2H3. The SMILES string of the molecule is CCc1cc(Cl)nc(C2CSCCN2C)n1. The Labute approximate surface area is 106 Å². The van der Waals surface area contributed by atoms with Gasteiger partial charge < -0.3 is 0 Å². The van der Waals surface area contributed by atoms with Crippen molar-refractivity contribution in [3.05, 3.63) is 22.7 Å². The Morgan fingerprint density at radius 2 is 2.38 bits per heavy atom. The lowest BCUT2D eigenvalue weighted by Gasteiger charge is -2.30. The van der Waals surface area contributed by atoms with E-state index in [9.17, 15) is 0 Å². The minimum Gasteiger partial charge on any atom is -0.295 e. The van der Waals surface area contributed by atoms with Crippen molar-refractivity contribution in [2.75, 3.05) is 25.1 Å². The molecule has 3 nitrogen and oxygen atoms in total. The first-order valence-corrected chi connectivity index (χ1v) is 7.05. The van der Waals surface area contributed by atoms with Crippen molar-refractivity contribution in [3.63, 3.8) is 0 Å². The Bertz CT molecular complexity index is 372. The van der Waals surface area contributed by atoms with Crippen LogP contribution in [0.3, 0.4) is 0 Å². The van der Waals surface area contributed by atoms with Gasteiger partial charge in [-0.1, -0.05) is 18.5 Å². The molecule has 88 valence electrons. The molecule has 1 unspecified atom stereocenters. The van der Waals surface area contributed by atoms with Crippen LogP contribution in [0.2, 0.25) is 5.15 Å². The number of hydrogen-bond acceptors (Lipinski definition) is 4. The predicted octanol–water partition coefficient (Wildman–Crippen LogP) is 2.41. The van der Waals surface area contributed by atoms with E-state index in [1.807, 2.05) is 17.8 Å². The third kappa shape index (κ3) is 2.67. The van der Waals surface area contributed by atoms with Crippen LogP contribution in [-0.2, 0) is 6.42 Å². The van der Waals surface area contributed by atoms with Crippen LogP contribution >= 0.6 is 23.4 Å². The van der Waals surface area contributed by atoms with Crippen LogP contribution in [0.4, 0.5) is 0 Å². The van der Waals surface area contributed by atoms with Gasteiger partial charge in [0.05, 0.1) is 6.04 Å². The lowest BCUT2D eigenvalue weighted by Crippen LogP contribution is -2.34. The zero-order valence-corrected chi connectivity index (χ0v) is 11.2. The first-order valence-electron chi connectivity index (χ1n) is 5.52. The topological polar surface area (TPSA) is 29.0 Å². The summed E-state index contributed by atoms with van der Waals surface area (Å²) in [5, 5.41) is 0.561. The largest absolute Gasteiger partial charge is 0.295 e. The number of nitrogens with zero attached hydrogens (tertiary/aromatic N) is 3. The minimum atomic E-state index is 0.308. The Morgan fingerprint density at radius 1 is 1.56 bits per heavy atom. The third-order valence-electron chi connectivity index (χ3n) is 2.82. The quantitative estimate of drug-likeness (QED) is 0.761. The van der Waals surface area contributed by atoms with Crippen LogP contribution in [-0.4, -0.2) is 40.0 Å². The molecule has 16 heavy (non-hydrogen) atoms. The van der Waals surface area contributed by atoms with Crippen molar-refractivity contribution in [1.82, 2.24) is 14.9 Å². The molecule has 1 aromatic heterocycles. The summed E-state index contributed by atoms with van der Waals surface area (Å²) < 4.78 is 0. The molecule has 1 aromatic rings. The van der Waals surface area contributed by atoms with E-state index in [0.717, 1.165) is 30.2 Å². The van der Waals surface area contributed by atoms with Crippen LogP contribution in [0.1, 0.15) is 24.5 Å². The lowest BCUT2D eigenvalue weighted by atomic mass is 10.2. The van der Waals surface area contributed by atoms with Gasteiger partial charge in [-0.2, -0.15) is 11.8 Å². The van der Waals surface area contributed by atoms with Crippen molar-refractivity contribution in [2.45, 2.75) is 19.4 Å². The van der Waals surface area contributed by atoms with Crippen LogP contribution in [0.5, 0.6) is 0 Å². The molecule has 2 heterocycles. The Kier molecular flexibility index (Phi) is 4.05. The molecule has 0 aromatic carbocycles. The van der Waals surface area contributed by atoms with Crippen LogP contribution in [0.25, 0.3) is 0 Å². The van der Waals surface area contributed by atoms with Crippen molar-refractivity contribution in [3.8, 4) is 0 Å². The molecule has 0 radical (unpaired) electrons.